The number of methoxy groups -OCH3 is 1. The number of carbonyl (C=O) groups is 1. The third-order valence-corrected chi connectivity index (χ3v) is 3.82. The number of hydrogen-bond acceptors (Lipinski definition) is 4. The summed E-state index contributed by atoms with van der Waals surface area (Å²) < 4.78 is 4.71. The lowest BCUT2D eigenvalue weighted by Gasteiger charge is -2.25. The zero-order valence-electron chi connectivity index (χ0n) is 11.7. The summed E-state index contributed by atoms with van der Waals surface area (Å²) >= 11 is 5.99. The van der Waals surface area contributed by atoms with Gasteiger partial charge in [0, 0.05) is 17.1 Å². The number of nitrogens with one attached hydrogen (secondary N) is 1. The molecule has 0 aromatic heterocycles. The number of esters is 1. The van der Waals surface area contributed by atoms with Gasteiger partial charge in [-0.2, -0.15) is 0 Å². The Balaban J connectivity index is 2.17. The van der Waals surface area contributed by atoms with Gasteiger partial charge in [-0.1, -0.05) is 17.7 Å². The third kappa shape index (κ3) is 3.95. The lowest BCUT2D eigenvalue weighted by molar-refractivity contribution is -0.142. The summed E-state index contributed by atoms with van der Waals surface area (Å²) in [5.74, 6) is -0.332. The van der Waals surface area contributed by atoms with E-state index in [9.17, 15) is 9.90 Å². The minimum Gasteiger partial charge on any atom is -0.469 e. The van der Waals surface area contributed by atoms with Gasteiger partial charge in [-0.05, 0) is 43.0 Å². The van der Waals surface area contributed by atoms with Gasteiger partial charge in [-0.25, -0.2) is 0 Å². The maximum Gasteiger partial charge on any atom is 0.307 e. The highest BCUT2D eigenvalue weighted by atomic mass is 35.5. The Kier molecular flexibility index (Phi) is 5.02. The van der Waals surface area contributed by atoms with Crippen LogP contribution in [0, 0.1) is 6.92 Å². The maximum absolute atomic E-state index is 11.5. The predicted octanol–water partition coefficient (Wildman–Crippen LogP) is 2.37. The van der Waals surface area contributed by atoms with Gasteiger partial charge < -0.3 is 15.2 Å². The molecule has 0 heterocycles. The van der Waals surface area contributed by atoms with Crippen LogP contribution in [-0.2, 0) is 9.53 Å². The largest absolute Gasteiger partial charge is 0.469 e. The molecule has 0 aliphatic heterocycles. The molecule has 1 aliphatic rings. The van der Waals surface area contributed by atoms with E-state index in [1.807, 2.05) is 13.0 Å². The SMILES string of the molecule is COC(=O)CC(NC1CC1)C(O)c1cc(Cl)ccc1C. The molecule has 0 spiro atoms. The molecule has 1 aromatic carbocycles. The molecule has 0 amide bonds. The highest BCUT2D eigenvalue weighted by Crippen LogP contribution is 2.28. The van der Waals surface area contributed by atoms with Gasteiger partial charge in [0.05, 0.1) is 19.6 Å². The average Bonchev–Trinajstić information content (AvgIpc) is 3.23. The molecule has 110 valence electrons. The Morgan fingerprint density at radius 1 is 1.55 bits per heavy atom. The number of carbonyl (C=O) groups excluding carboxylic acids is 1. The van der Waals surface area contributed by atoms with Gasteiger partial charge in [0.15, 0.2) is 0 Å². The van der Waals surface area contributed by atoms with Crippen molar-refractivity contribution in [3.63, 3.8) is 0 Å². The Labute approximate surface area is 124 Å². The van der Waals surface area contributed by atoms with Crippen molar-refractivity contribution in [1.29, 1.82) is 0 Å². The molecule has 0 saturated heterocycles. The van der Waals surface area contributed by atoms with E-state index in [0.717, 1.165) is 24.0 Å². The quantitative estimate of drug-likeness (QED) is 0.792. The second-order valence-corrected chi connectivity index (χ2v) is 5.71. The van der Waals surface area contributed by atoms with Crippen LogP contribution in [0.2, 0.25) is 5.02 Å². The summed E-state index contributed by atoms with van der Waals surface area (Å²) in [6.07, 6.45) is 1.52. The standard InChI is InChI=1S/C15H20ClNO3/c1-9-3-4-10(16)7-12(9)15(19)13(8-14(18)20-2)17-11-5-6-11/h3-4,7,11,13,15,17,19H,5-6,8H2,1-2H3. The number of rotatable bonds is 6. The minimum absolute atomic E-state index is 0.139. The fourth-order valence-electron chi connectivity index (χ4n) is 2.22. The summed E-state index contributed by atoms with van der Waals surface area (Å²) in [5, 5.41) is 14.5. The third-order valence-electron chi connectivity index (χ3n) is 3.58. The van der Waals surface area contributed by atoms with Crippen molar-refractivity contribution < 1.29 is 14.6 Å². The summed E-state index contributed by atoms with van der Waals surface area (Å²) in [6, 6.07) is 5.44. The lowest BCUT2D eigenvalue weighted by atomic mass is 9.96. The van der Waals surface area contributed by atoms with E-state index in [2.05, 4.69) is 5.32 Å². The van der Waals surface area contributed by atoms with Gasteiger partial charge in [-0.3, -0.25) is 4.79 Å². The van der Waals surface area contributed by atoms with Crippen LogP contribution in [0.25, 0.3) is 0 Å². The Bertz CT molecular complexity index is 488. The molecule has 1 saturated carbocycles. The first kappa shape index (κ1) is 15.3. The van der Waals surface area contributed by atoms with E-state index in [-0.39, 0.29) is 18.4 Å². The summed E-state index contributed by atoms with van der Waals surface area (Å²) in [6.45, 7) is 1.92. The zero-order valence-corrected chi connectivity index (χ0v) is 12.5. The molecule has 0 bridgehead atoms. The van der Waals surface area contributed by atoms with Crippen LogP contribution in [0.4, 0.5) is 0 Å². The topological polar surface area (TPSA) is 58.6 Å². The van der Waals surface area contributed by atoms with Crippen molar-refractivity contribution in [1.82, 2.24) is 5.32 Å². The number of aliphatic hydroxyl groups is 1. The predicted molar refractivity (Wildman–Crippen MR) is 77.7 cm³/mol. The second kappa shape index (κ2) is 6.57. The zero-order chi connectivity index (χ0) is 14.7. The van der Waals surface area contributed by atoms with Crippen molar-refractivity contribution in [2.75, 3.05) is 7.11 Å². The van der Waals surface area contributed by atoms with Crippen LogP contribution >= 0.6 is 11.6 Å². The first-order chi connectivity index (χ1) is 9.51. The first-order valence-electron chi connectivity index (χ1n) is 6.78. The van der Waals surface area contributed by atoms with Crippen LogP contribution < -0.4 is 5.32 Å². The molecule has 2 atom stereocenters. The molecule has 4 nitrogen and oxygen atoms in total. The van der Waals surface area contributed by atoms with Gasteiger partial charge in [0.25, 0.3) is 0 Å². The highest BCUT2D eigenvalue weighted by molar-refractivity contribution is 6.30. The van der Waals surface area contributed by atoms with Gasteiger partial charge >= 0.3 is 5.97 Å². The van der Waals surface area contributed by atoms with Crippen LogP contribution in [0.5, 0.6) is 0 Å². The number of aryl methyl sites for hydroxylation is 1. The fraction of sp³-hybridized carbons (Fsp3) is 0.533. The van der Waals surface area contributed by atoms with Crippen LogP contribution in [0.3, 0.4) is 0 Å². The molecule has 20 heavy (non-hydrogen) atoms. The van der Waals surface area contributed by atoms with Gasteiger partial charge in [0.1, 0.15) is 0 Å². The van der Waals surface area contributed by atoms with E-state index in [4.69, 9.17) is 16.3 Å². The average molecular weight is 298 g/mol. The summed E-state index contributed by atoms with van der Waals surface area (Å²) in [4.78, 5) is 11.5. The van der Waals surface area contributed by atoms with E-state index >= 15 is 0 Å². The van der Waals surface area contributed by atoms with E-state index in [0.29, 0.717) is 11.1 Å². The Morgan fingerprint density at radius 2 is 2.25 bits per heavy atom. The fourth-order valence-corrected chi connectivity index (χ4v) is 2.40. The first-order valence-corrected chi connectivity index (χ1v) is 7.16. The van der Waals surface area contributed by atoms with Crippen molar-refractivity contribution in [3.8, 4) is 0 Å². The molecule has 2 rings (SSSR count). The Morgan fingerprint density at radius 3 is 2.85 bits per heavy atom. The number of hydrogen-bond donors (Lipinski definition) is 2. The van der Waals surface area contributed by atoms with Crippen LogP contribution in [0.15, 0.2) is 18.2 Å². The molecular weight excluding hydrogens is 278 g/mol. The number of ether oxygens (including phenoxy) is 1. The molecule has 1 aromatic rings. The summed E-state index contributed by atoms with van der Waals surface area (Å²) in [7, 11) is 1.35. The minimum atomic E-state index is -0.784. The van der Waals surface area contributed by atoms with Crippen LogP contribution in [0.1, 0.15) is 36.5 Å². The summed E-state index contributed by atoms with van der Waals surface area (Å²) in [5.41, 5.74) is 1.70. The number of aliphatic hydroxyl groups excluding tert-OH is 1. The molecular formula is C15H20ClNO3. The lowest BCUT2D eigenvalue weighted by Crippen LogP contribution is -2.38. The van der Waals surface area contributed by atoms with E-state index < -0.39 is 6.10 Å². The molecule has 0 radical (unpaired) electrons. The second-order valence-electron chi connectivity index (χ2n) is 5.27. The van der Waals surface area contributed by atoms with Crippen molar-refractivity contribution in [3.05, 3.63) is 34.3 Å². The monoisotopic (exact) mass is 297 g/mol. The Hall–Kier alpha value is -1.10. The molecule has 1 aliphatic carbocycles. The highest BCUT2D eigenvalue weighted by Gasteiger charge is 2.31. The van der Waals surface area contributed by atoms with Gasteiger partial charge in [-0.15, -0.1) is 0 Å². The van der Waals surface area contributed by atoms with E-state index in [1.165, 1.54) is 7.11 Å². The molecule has 2 N–H and O–H groups in total. The molecule has 1 fully saturated rings. The van der Waals surface area contributed by atoms with Crippen molar-refractivity contribution in [2.45, 2.75) is 44.4 Å². The van der Waals surface area contributed by atoms with Crippen molar-refractivity contribution >= 4 is 17.6 Å². The van der Waals surface area contributed by atoms with E-state index in [1.54, 1.807) is 12.1 Å². The van der Waals surface area contributed by atoms with Crippen LogP contribution in [-0.4, -0.2) is 30.3 Å². The number of halogens is 1. The normalized spacial score (nSPS) is 17.6. The smallest absolute Gasteiger partial charge is 0.307 e. The van der Waals surface area contributed by atoms with Crippen molar-refractivity contribution in [2.24, 2.45) is 0 Å². The maximum atomic E-state index is 11.5. The van der Waals surface area contributed by atoms with Gasteiger partial charge in [0.2, 0.25) is 0 Å². The molecule has 5 heteroatoms. The number of benzene rings is 1. The molecule has 2 unspecified atom stereocenters.